The van der Waals surface area contributed by atoms with Crippen LogP contribution in [-0.4, -0.2) is 28.2 Å². The monoisotopic (exact) mass is 357 g/mol. The fourth-order valence-electron chi connectivity index (χ4n) is 1.36. The second-order valence-electron chi connectivity index (χ2n) is 3.80. The van der Waals surface area contributed by atoms with Crippen LogP contribution in [0.1, 0.15) is 12.0 Å². The Balaban J connectivity index is 2.36. The van der Waals surface area contributed by atoms with Gasteiger partial charge in [0.05, 0.1) is 11.8 Å². The molecule has 0 bridgehead atoms. The Morgan fingerprint density at radius 1 is 1.29 bits per heavy atom. The van der Waals surface area contributed by atoms with Crippen molar-refractivity contribution in [1.29, 1.82) is 0 Å². The van der Waals surface area contributed by atoms with Gasteiger partial charge in [0.15, 0.2) is 0 Å². The summed E-state index contributed by atoms with van der Waals surface area (Å²) in [6, 6.07) is 0. The number of nitrogens with zero attached hydrogens (tertiary/aromatic N) is 4. The van der Waals surface area contributed by atoms with Gasteiger partial charge in [0, 0.05) is 13.2 Å². The lowest BCUT2D eigenvalue weighted by Crippen LogP contribution is -2.15. The van der Waals surface area contributed by atoms with Crippen LogP contribution in [0.4, 0.5) is 14.7 Å². The van der Waals surface area contributed by atoms with E-state index in [1.807, 2.05) is 4.72 Å². The number of aryl methyl sites for hydroxylation is 1. The molecule has 12 heteroatoms. The smallest absolute Gasteiger partial charge is 0.269 e. The van der Waals surface area contributed by atoms with E-state index in [4.69, 9.17) is 23.2 Å². The Morgan fingerprint density at radius 3 is 2.29 bits per heavy atom. The number of aromatic nitrogens is 4. The average Bonchev–Trinajstić information content (AvgIpc) is 2.74. The fourth-order valence-corrected chi connectivity index (χ4v) is 2.84. The molecule has 0 aliphatic carbocycles. The zero-order valence-corrected chi connectivity index (χ0v) is 12.6. The number of halogens is 4. The third kappa shape index (κ3) is 3.39. The van der Waals surface area contributed by atoms with Crippen LogP contribution in [0.25, 0.3) is 0 Å². The van der Waals surface area contributed by atoms with Crippen LogP contribution in [0.2, 0.25) is 10.3 Å². The fraction of sp³-hybridized carbons (Fsp3) is 0.222. The first-order valence-electron chi connectivity index (χ1n) is 5.23. The van der Waals surface area contributed by atoms with Crippen molar-refractivity contribution in [3.05, 3.63) is 28.3 Å². The third-order valence-corrected chi connectivity index (χ3v) is 4.15. The first-order chi connectivity index (χ1) is 9.70. The van der Waals surface area contributed by atoms with Gasteiger partial charge < -0.3 is 0 Å². The highest BCUT2D eigenvalue weighted by molar-refractivity contribution is 7.92. The SMILES string of the molecule is Cn1cc(S(=O)(=O)Nc2nc(Cl)c(C(F)F)c(Cl)n2)cn1. The number of alkyl halides is 2. The summed E-state index contributed by atoms with van der Waals surface area (Å²) in [5.74, 6) is -0.516. The highest BCUT2D eigenvalue weighted by atomic mass is 35.5. The van der Waals surface area contributed by atoms with E-state index in [9.17, 15) is 17.2 Å². The Kier molecular flexibility index (Phi) is 4.30. The van der Waals surface area contributed by atoms with E-state index in [1.165, 1.54) is 17.9 Å². The van der Waals surface area contributed by atoms with Crippen molar-refractivity contribution < 1.29 is 17.2 Å². The number of rotatable bonds is 4. The van der Waals surface area contributed by atoms with E-state index in [-0.39, 0.29) is 4.90 Å². The molecule has 0 amide bonds. The molecule has 2 aromatic heterocycles. The van der Waals surface area contributed by atoms with Gasteiger partial charge in [0.2, 0.25) is 5.95 Å². The van der Waals surface area contributed by atoms with E-state index in [0.717, 1.165) is 6.20 Å². The zero-order chi connectivity index (χ0) is 15.8. The van der Waals surface area contributed by atoms with Crippen molar-refractivity contribution in [2.24, 2.45) is 7.05 Å². The van der Waals surface area contributed by atoms with Crippen LogP contribution in [0.5, 0.6) is 0 Å². The molecule has 0 aliphatic rings. The van der Waals surface area contributed by atoms with Gasteiger partial charge in [-0.2, -0.15) is 15.1 Å². The van der Waals surface area contributed by atoms with Crippen LogP contribution < -0.4 is 4.72 Å². The predicted molar refractivity (Wildman–Crippen MR) is 71.0 cm³/mol. The maximum atomic E-state index is 12.6. The van der Waals surface area contributed by atoms with Crippen molar-refractivity contribution >= 4 is 39.2 Å². The van der Waals surface area contributed by atoms with Gasteiger partial charge in [-0.25, -0.2) is 21.9 Å². The molecule has 0 saturated heterocycles. The molecule has 0 radical (unpaired) electrons. The largest absolute Gasteiger partial charge is 0.274 e. The zero-order valence-electron chi connectivity index (χ0n) is 10.3. The third-order valence-electron chi connectivity index (χ3n) is 2.29. The Morgan fingerprint density at radius 2 is 1.86 bits per heavy atom. The molecule has 0 atom stereocenters. The van der Waals surface area contributed by atoms with Crippen LogP contribution in [-0.2, 0) is 17.1 Å². The maximum Gasteiger partial charge on any atom is 0.269 e. The number of nitrogens with one attached hydrogen (secondary N) is 1. The molecule has 0 spiro atoms. The minimum Gasteiger partial charge on any atom is -0.274 e. The van der Waals surface area contributed by atoms with Gasteiger partial charge in [0.25, 0.3) is 16.4 Å². The molecule has 0 unspecified atom stereocenters. The molecule has 114 valence electrons. The van der Waals surface area contributed by atoms with Crippen molar-refractivity contribution in [2.45, 2.75) is 11.3 Å². The molecule has 0 saturated carbocycles. The Hall–Kier alpha value is -1.52. The Labute approximate surface area is 128 Å². The van der Waals surface area contributed by atoms with Crippen molar-refractivity contribution in [1.82, 2.24) is 19.7 Å². The van der Waals surface area contributed by atoms with Crippen molar-refractivity contribution in [3.8, 4) is 0 Å². The quantitative estimate of drug-likeness (QED) is 0.847. The van der Waals surface area contributed by atoms with Gasteiger partial charge in [0.1, 0.15) is 15.2 Å². The minimum absolute atomic E-state index is 0.154. The van der Waals surface area contributed by atoms with Crippen LogP contribution >= 0.6 is 23.2 Å². The van der Waals surface area contributed by atoms with Gasteiger partial charge in [-0.15, -0.1) is 0 Å². The molecule has 0 fully saturated rings. The summed E-state index contributed by atoms with van der Waals surface area (Å²) in [5.41, 5.74) is -0.761. The summed E-state index contributed by atoms with van der Waals surface area (Å²) < 4.78 is 52.5. The number of anilines is 1. The molecule has 0 aliphatic heterocycles. The predicted octanol–water partition coefficient (Wildman–Crippen LogP) is 2.26. The first-order valence-corrected chi connectivity index (χ1v) is 7.47. The van der Waals surface area contributed by atoms with E-state index < -0.39 is 38.3 Å². The van der Waals surface area contributed by atoms with Gasteiger partial charge in [-0.3, -0.25) is 4.68 Å². The van der Waals surface area contributed by atoms with Crippen LogP contribution in [0.3, 0.4) is 0 Å². The first kappa shape index (κ1) is 15.9. The lowest BCUT2D eigenvalue weighted by molar-refractivity contribution is 0.151. The average molecular weight is 358 g/mol. The molecular weight excluding hydrogens is 351 g/mol. The molecule has 2 rings (SSSR count). The summed E-state index contributed by atoms with van der Waals surface area (Å²) >= 11 is 11.1. The highest BCUT2D eigenvalue weighted by Crippen LogP contribution is 2.32. The summed E-state index contributed by atoms with van der Waals surface area (Å²) in [5, 5.41) is 2.44. The van der Waals surface area contributed by atoms with E-state index in [2.05, 4.69) is 15.1 Å². The van der Waals surface area contributed by atoms with Gasteiger partial charge in [-0.05, 0) is 0 Å². The molecular formula is C9H7Cl2F2N5O2S. The summed E-state index contributed by atoms with van der Waals surface area (Å²) in [6.07, 6.45) is -0.646. The molecule has 0 aromatic carbocycles. The molecule has 2 heterocycles. The van der Waals surface area contributed by atoms with E-state index in [1.54, 1.807) is 0 Å². The van der Waals surface area contributed by atoms with Crippen LogP contribution in [0.15, 0.2) is 17.3 Å². The number of sulfonamides is 1. The number of hydrogen-bond acceptors (Lipinski definition) is 5. The summed E-state index contributed by atoms with van der Waals surface area (Å²) in [4.78, 5) is 6.74. The second-order valence-corrected chi connectivity index (χ2v) is 6.20. The van der Waals surface area contributed by atoms with Crippen LogP contribution in [0, 0.1) is 0 Å². The van der Waals surface area contributed by atoms with Gasteiger partial charge in [-0.1, -0.05) is 23.2 Å². The second kappa shape index (κ2) is 5.70. The van der Waals surface area contributed by atoms with E-state index >= 15 is 0 Å². The summed E-state index contributed by atoms with van der Waals surface area (Å²) in [7, 11) is -2.49. The lowest BCUT2D eigenvalue weighted by Gasteiger charge is -2.08. The molecule has 2 aromatic rings. The highest BCUT2D eigenvalue weighted by Gasteiger charge is 2.23. The van der Waals surface area contributed by atoms with Crippen molar-refractivity contribution in [3.63, 3.8) is 0 Å². The number of hydrogen-bond donors (Lipinski definition) is 1. The normalized spacial score (nSPS) is 11.9. The topological polar surface area (TPSA) is 89.8 Å². The minimum atomic E-state index is -4.02. The summed E-state index contributed by atoms with van der Waals surface area (Å²) in [6.45, 7) is 0. The standard InChI is InChI=1S/C9H7Cl2F2N5O2S/c1-18-3-4(2-14-18)21(19,20)17-9-15-6(10)5(8(12)13)7(11)16-9/h2-3,8H,1H3,(H,15,16,17). The van der Waals surface area contributed by atoms with Crippen molar-refractivity contribution in [2.75, 3.05) is 4.72 Å². The molecule has 1 N–H and O–H groups in total. The maximum absolute atomic E-state index is 12.6. The molecule has 7 nitrogen and oxygen atoms in total. The lowest BCUT2D eigenvalue weighted by atomic mass is 10.3. The van der Waals surface area contributed by atoms with Gasteiger partial charge >= 0.3 is 0 Å². The van der Waals surface area contributed by atoms with E-state index in [0.29, 0.717) is 0 Å². The Bertz CT molecular complexity index is 757. The molecule has 21 heavy (non-hydrogen) atoms.